The number of hydrogen-bond acceptors (Lipinski definition) is 2. The van der Waals surface area contributed by atoms with Gasteiger partial charge in [0, 0.05) is 18.1 Å². The van der Waals surface area contributed by atoms with Crippen molar-refractivity contribution in [2.45, 2.75) is 43.8 Å². The van der Waals surface area contributed by atoms with Crippen molar-refractivity contribution < 1.29 is 0 Å². The van der Waals surface area contributed by atoms with Gasteiger partial charge in [0.25, 0.3) is 0 Å². The van der Waals surface area contributed by atoms with Gasteiger partial charge in [0.2, 0.25) is 0 Å². The Hall–Kier alpha value is -0.860. The Morgan fingerprint density at radius 1 is 1.11 bits per heavy atom. The lowest BCUT2D eigenvalue weighted by molar-refractivity contribution is 0.114. The Bertz CT molecular complexity index is 375. The average molecular weight is 244 g/mol. The molecular formula is C16H24N2. The van der Waals surface area contributed by atoms with Crippen LogP contribution < -0.4 is 5.32 Å². The number of piperidine rings is 1. The van der Waals surface area contributed by atoms with E-state index in [-0.39, 0.29) is 0 Å². The smallest absolute Gasteiger partial charge is 0.0347 e. The molecule has 3 atom stereocenters. The van der Waals surface area contributed by atoms with Crippen LogP contribution in [0, 0.1) is 5.92 Å². The third kappa shape index (κ3) is 2.08. The van der Waals surface area contributed by atoms with E-state index in [9.17, 15) is 0 Å². The van der Waals surface area contributed by atoms with Crippen LogP contribution in [0.15, 0.2) is 30.3 Å². The summed E-state index contributed by atoms with van der Waals surface area (Å²) in [4.78, 5) is 2.62. The summed E-state index contributed by atoms with van der Waals surface area (Å²) in [6.45, 7) is 0. The molecule has 18 heavy (non-hydrogen) atoms. The predicted octanol–water partition coefficient (Wildman–Crippen LogP) is 2.82. The van der Waals surface area contributed by atoms with Gasteiger partial charge in [-0.3, -0.25) is 0 Å². The first-order valence-electron chi connectivity index (χ1n) is 7.23. The first-order valence-corrected chi connectivity index (χ1v) is 7.23. The van der Waals surface area contributed by atoms with Crippen LogP contribution in [-0.4, -0.2) is 31.1 Å². The Morgan fingerprint density at radius 2 is 1.72 bits per heavy atom. The molecule has 2 saturated heterocycles. The summed E-state index contributed by atoms with van der Waals surface area (Å²) in [6.07, 6.45) is 5.52. The molecule has 98 valence electrons. The normalized spacial score (nSPS) is 33.6. The zero-order chi connectivity index (χ0) is 12.5. The SMILES string of the molecule is CNC(c1ccccc1)C1CC2CCC(C1)N2C. The highest BCUT2D eigenvalue weighted by Gasteiger charge is 2.40. The molecule has 1 aromatic rings. The van der Waals surface area contributed by atoms with Crippen molar-refractivity contribution in [3.8, 4) is 0 Å². The van der Waals surface area contributed by atoms with E-state index >= 15 is 0 Å². The Morgan fingerprint density at radius 3 is 2.28 bits per heavy atom. The summed E-state index contributed by atoms with van der Waals surface area (Å²) in [5.74, 6) is 0.797. The number of rotatable bonds is 3. The molecule has 0 aliphatic carbocycles. The molecular weight excluding hydrogens is 220 g/mol. The summed E-state index contributed by atoms with van der Waals surface area (Å²) in [6, 6.07) is 13.1. The van der Waals surface area contributed by atoms with Crippen LogP contribution >= 0.6 is 0 Å². The quantitative estimate of drug-likeness (QED) is 0.879. The van der Waals surface area contributed by atoms with Gasteiger partial charge < -0.3 is 10.2 Å². The van der Waals surface area contributed by atoms with E-state index in [0.29, 0.717) is 6.04 Å². The molecule has 0 amide bonds. The molecule has 0 radical (unpaired) electrons. The van der Waals surface area contributed by atoms with Gasteiger partial charge in [0.15, 0.2) is 0 Å². The van der Waals surface area contributed by atoms with Crippen LogP contribution in [0.1, 0.15) is 37.3 Å². The lowest BCUT2D eigenvalue weighted by Gasteiger charge is -2.40. The van der Waals surface area contributed by atoms with Gasteiger partial charge in [-0.25, -0.2) is 0 Å². The highest BCUT2D eigenvalue weighted by molar-refractivity contribution is 5.20. The van der Waals surface area contributed by atoms with Crippen LogP contribution in [0.5, 0.6) is 0 Å². The summed E-state index contributed by atoms with van der Waals surface area (Å²) in [7, 11) is 4.42. The third-order valence-electron chi connectivity index (χ3n) is 5.08. The van der Waals surface area contributed by atoms with E-state index < -0.39 is 0 Å². The molecule has 1 aromatic carbocycles. The zero-order valence-corrected chi connectivity index (χ0v) is 11.5. The molecule has 2 heterocycles. The van der Waals surface area contributed by atoms with Crippen LogP contribution in [0.4, 0.5) is 0 Å². The highest BCUT2D eigenvalue weighted by Crippen LogP contribution is 2.42. The fourth-order valence-electron chi connectivity index (χ4n) is 4.06. The molecule has 0 aromatic heterocycles. The Labute approximate surface area is 110 Å². The lowest BCUT2D eigenvalue weighted by Crippen LogP contribution is -2.43. The summed E-state index contributed by atoms with van der Waals surface area (Å²) < 4.78 is 0. The third-order valence-corrected chi connectivity index (χ3v) is 5.08. The largest absolute Gasteiger partial charge is 0.313 e. The summed E-state index contributed by atoms with van der Waals surface area (Å²) in [5, 5.41) is 3.55. The van der Waals surface area contributed by atoms with E-state index in [1.807, 2.05) is 0 Å². The van der Waals surface area contributed by atoms with Gasteiger partial charge in [-0.05, 0) is 51.3 Å². The first-order chi connectivity index (χ1) is 8.79. The fraction of sp³-hybridized carbons (Fsp3) is 0.625. The average Bonchev–Trinajstić information content (AvgIpc) is 2.64. The van der Waals surface area contributed by atoms with E-state index in [1.165, 1.54) is 31.2 Å². The number of fused-ring (bicyclic) bond motifs is 2. The van der Waals surface area contributed by atoms with Crippen LogP contribution in [-0.2, 0) is 0 Å². The van der Waals surface area contributed by atoms with Gasteiger partial charge in [-0.2, -0.15) is 0 Å². The van der Waals surface area contributed by atoms with Crippen molar-refractivity contribution in [3.63, 3.8) is 0 Å². The number of nitrogens with zero attached hydrogens (tertiary/aromatic N) is 1. The van der Waals surface area contributed by atoms with E-state index in [4.69, 9.17) is 0 Å². The Balaban J connectivity index is 1.78. The van der Waals surface area contributed by atoms with E-state index in [0.717, 1.165) is 18.0 Å². The minimum absolute atomic E-state index is 0.531. The number of hydrogen-bond donors (Lipinski definition) is 1. The second-order valence-corrected chi connectivity index (χ2v) is 5.96. The summed E-state index contributed by atoms with van der Waals surface area (Å²) in [5.41, 5.74) is 1.45. The van der Waals surface area contributed by atoms with Crippen LogP contribution in [0.25, 0.3) is 0 Å². The summed E-state index contributed by atoms with van der Waals surface area (Å²) >= 11 is 0. The zero-order valence-electron chi connectivity index (χ0n) is 11.5. The molecule has 2 nitrogen and oxygen atoms in total. The molecule has 2 aliphatic rings. The van der Waals surface area contributed by atoms with Crippen molar-refractivity contribution in [1.29, 1.82) is 0 Å². The van der Waals surface area contributed by atoms with Crippen molar-refractivity contribution in [2.75, 3.05) is 14.1 Å². The molecule has 2 aliphatic heterocycles. The van der Waals surface area contributed by atoms with Crippen molar-refractivity contribution >= 4 is 0 Å². The topological polar surface area (TPSA) is 15.3 Å². The molecule has 1 N–H and O–H groups in total. The maximum atomic E-state index is 3.55. The van der Waals surface area contributed by atoms with Gasteiger partial charge in [0.05, 0.1) is 0 Å². The number of benzene rings is 1. The van der Waals surface area contributed by atoms with Gasteiger partial charge in [-0.15, -0.1) is 0 Å². The fourth-order valence-corrected chi connectivity index (χ4v) is 4.06. The molecule has 0 spiro atoms. The van der Waals surface area contributed by atoms with Crippen molar-refractivity contribution in [1.82, 2.24) is 10.2 Å². The van der Waals surface area contributed by atoms with Gasteiger partial charge in [-0.1, -0.05) is 30.3 Å². The van der Waals surface area contributed by atoms with Crippen LogP contribution in [0.2, 0.25) is 0 Å². The van der Waals surface area contributed by atoms with E-state index in [2.05, 4.69) is 54.6 Å². The lowest BCUT2D eigenvalue weighted by atomic mass is 9.82. The standard InChI is InChI=1S/C16H24N2/c1-17-16(12-6-4-3-5-7-12)13-10-14-8-9-15(11-13)18(14)2/h3-7,13-17H,8-11H2,1-2H3. The van der Waals surface area contributed by atoms with Gasteiger partial charge in [0.1, 0.15) is 0 Å². The number of nitrogens with one attached hydrogen (secondary N) is 1. The van der Waals surface area contributed by atoms with Crippen molar-refractivity contribution in [3.05, 3.63) is 35.9 Å². The molecule has 2 bridgehead atoms. The molecule has 0 saturated carbocycles. The predicted molar refractivity (Wildman–Crippen MR) is 75.5 cm³/mol. The first kappa shape index (κ1) is 12.2. The van der Waals surface area contributed by atoms with Crippen molar-refractivity contribution in [2.24, 2.45) is 5.92 Å². The second-order valence-electron chi connectivity index (χ2n) is 5.96. The van der Waals surface area contributed by atoms with E-state index in [1.54, 1.807) is 0 Å². The maximum absolute atomic E-state index is 3.55. The minimum Gasteiger partial charge on any atom is -0.313 e. The second kappa shape index (κ2) is 5.02. The van der Waals surface area contributed by atoms with Gasteiger partial charge >= 0.3 is 0 Å². The molecule has 2 heteroatoms. The van der Waals surface area contributed by atoms with Crippen LogP contribution in [0.3, 0.4) is 0 Å². The maximum Gasteiger partial charge on any atom is 0.0347 e. The Kier molecular flexibility index (Phi) is 3.40. The highest BCUT2D eigenvalue weighted by atomic mass is 15.2. The molecule has 3 unspecified atom stereocenters. The molecule has 3 rings (SSSR count). The minimum atomic E-state index is 0.531. The molecule has 2 fully saturated rings. The monoisotopic (exact) mass is 244 g/mol.